The molecule has 0 radical (unpaired) electrons. The van der Waals surface area contributed by atoms with E-state index in [9.17, 15) is 0 Å². The Hall–Kier alpha value is -1.17. The molecule has 1 aromatic heterocycles. The van der Waals surface area contributed by atoms with Crippen molar-refractivity contribution < 1.29 is 0 Å². The van der Waals surface area contributed by atoms with Crippen LogP contribution >= 0.6 is 24.2 Å². The van der Waals surface area contributed by atoms with E-state index in [2.05, 4.69) is 29.5 Å². The van der Waals surface area contributed by atoms with Crippen molar-refractivity contribution in [3.05, 3.63) is 41.0 Å². The van der Waals surface area contributed by atoms with Crippen LogP contribution in [0.3, 0.4) is 0 Å². The Kier molecular flexibility index (Phi) is 3.71. The van der Waals surface area contributed by atoms with E-state index in [4.69, 9.17) is 11.6 Å². The molecule has 0 unspecified atom stereocenters. The van der Waals surface area contributed by atoms with Crippen molar-refractivity contribution in [1.82, 2.24) is 4.98 Å². The summed E-state index contributed by atoms with van der Waals surface area (Å²) in [5, 5.41) is 1.68. The van der Waals surface area contributed by atoms with E-state index in [0.717, 1.165) is 33.7 Å². The number of thiol groups is 1. The summed E-state index contributed by atoms with van der Waals surface area (Å²) in [6, 6.07) is 7.65. The second-order valence-electron chi connectivity index (χ2n) is 3.30. The minimum absolute atomic E-state index is 0.722. The highest BCUT2D eigenvalue weighted by atomic mass is 35.5. The smallest absolute Gasteiger partial charge is 0.0729 e. The van der Waals surface area contributed by atoms with E-state index >= 15 is 0 Å². The van der Waals surface area contributed by atoms with Gasteiger partial charge >= 0.3 is 0 Å². The monoisotopic (exact) mass is 247 g/mol. The molecule has 16 heavy (non-hydrogen) atoms. The molecule has 0 bridgehead atoms. The lowest BCUT2D eigenvalue weighted by Gasteiger charge is -1.99. The molecule has 0 N–H and O–H groups in total. The van der Waals surface area contributed by atoms with E-state index in [0.29, 0.717) is 0 Å². The summed E-state index contributed by atoms with van der Waals surface area (Å²) in [5.41, 5.74) is 1.84. The van der Waals surface area contributed by atoms with Crippen molar-refractivity contribution in [2.45, 2.75) is 6.42 Å². The number of nitrogens with zero attached hydrogens (tertiary/aromatic N) is 1. The molecule has 0 saturated heterocycles. The van der Waals surface area contributed by atoms with Crippen LogP contribution in [-0.4, -0.2) is 10.7 Å². The van der Waals surface area contributed by atoms with Crippen molar-refractivity contribution >= 4 is 35.1 Å². The lowest BCUT2D eigenvalue weighted by Crippen LogP contribution is -1.81. The molecule has 80 valence electrons. The first-order chi connectivity index (χ1) is 7.81. The third-order valence-corrected chi connectivity index (χ3v) is 2.71. The number of halogens is 1. The van der Waals surface area contributed by atoms with Gasteiger partial charge in [-0.1, -0.05) is 29.5 Å². The standard InChI is InChI=1S/C13H10ClNS/c14-12-6-7-15-13-9-10(3-1-2-8-16)4-5-11(12)13/h4-7,9,16H,2,8H2. The summed E-state index contributed by atoms with van der Waals surface area (Å²) in [4.78, 5) is 4.26. The van der Waals surface area contributed by atoms with Gasteiger partial charge in [-0.15, -0.1) is 0 Å². The average Bonchev–Trinajstić information content (AvgIpc) is 2.30. The van der Waals surface area contributed by atoms with Crippen LogP contribution in [0.2, 0.25) is 5.02 Å². The first-order valence-electron chi connectivity index (χ1n) is 4.95. The fraction of sp³-hybridized carbons (Fsp3) is 0.154. The summed E-state index contributed by atoms with van der Waals surface area (Å²) in [5.74, 6) is 6.90. The molecule has 0 spiro atoms. The van der Waals surface area contributed by atoms with Gasteiger partial charge in [-0.25, -0.2) is 0 Å². The van der Waals surface area contributed by atoms with E-state index in [1.165, 1.54) is 0 Å². The SMILES string of the molecule is SCCC#Cc1ccc2c(Cl)ccnc2c1. The second kappa shape index (κ2) is 5.25. The molecule has 1 heterocycles. The molecule has 3 heteroatoms. The number of rotatable bonds is 1. The fourth-order valence-electron chi connectivity index (χ4n) is 1.41. The normalized spacial score (nSPS) is 9.88. The molecule has 1 aromatic carbocycles. The predicted molar refractivity (Wildman–Crippen MR) is 72.1 cm³/mol. The van der Waals surface area contributed by atoms with Gasteiger partial charge in [-0.3, -0.25) is 4.98 Å². The summed E-state index contributed by atoms with van der Waals surface area (Å²) >= 11 is 10.2. The Labute approximate surface area is 105 Å². The van der Waals surface area contributed by atoms with Crippen LogP contribution in [-0.2, 0) is 0 Å². The van der Waals surface area contributed by atoms with Gasteiger partial charge in [0.25, 0.3) is 0 Å². The van der Waals surface area contributed by atoms with Gasteiger partial charge in [0, 0.05) is 29.3 Å². The van der Waals surface area contributed by atoms with Gasteiger partial charge in [0.05, 0.1) is 10.5 Å². The average molecular weight is 248 g/mol. The summed E-state index contributed by atoms with van der Waals surface area (Å²) in [6.07, 6.45) is 2.50. The Morgan fingerprint density at radius 1 is 1.31 bits per heavy atom. The van der Waals surface area contributed by atoms with Crippen LogP contribution in [0.5, 0.6) is 0 Å². The van der Waals surface area contributed by atoms with Crippen molar-refractivity contribution in [2.24, 2.45) is 0 Å². The summed E-state index contributed by atoms with van der Waals surface area (Å²) < 4.78 is 0. The van der Waals surface area contributed by atoms with Crippen LogP contribution in [0.15, 0.2) is 30.5 Å². The van der Waals surface area contributed by atoms with Crippen LogP contribution in [0.4, 0.5) is 0 Å². The largest absolute Gasteiger partial charge is 0.256 e. The van der Waals surface area contributed by atoms with Crippen molar-refractivity contribution in [2.75, 3.05) is 5.75 Å². The zero-order valence-corrected chi connectivity index (χ0v) is 10.2. The predicted octanol–water partition coefficient (Wildman–Crippen LogP) is 3.56. The van der Waals surface area contributed by atoms with Crippen molar-refractivity contribution in [1.29, 1.82) is 0 Å². The van der Waals surface area contributed by atoms with Crippen LogP contribution in [0.1, 0.15) is 12.0 Å². The lowest BCUT2D eigenvalue weighted by molar-refractivity contribution is 1.31. The number of aromatic nitrogens is 1. The first kappa shape index (κ1) is 11.3. The molecule has 0 amide bonds. The highest BCUT2D eigenvalue weighted by Crippen LogP contribution is 2.21. The zero-order valence-electron chi connectivity index (χ0n) is 8.57. The van der Waals surface area contributed by atoms with Crippen molar-refractivity contribution in [3.63, 3.8) is 0 Å². The lowest BCUT2D eigenvalue weighted by atomic mass is 10.1. The van der Waals surface area contributed by atoms with Crippen molar-refractivity contribution in [3.8, 4) is 11.8 Å². The number of pyridine rings is 1. The van der Waals surface area contributed by atoms with Crippen LogP contribution < -0.4 is 0 Å². The first-order valence-corrected chi connectivity index (χ1v) is 5.96. The molecule has 0 atom stereocenters. The molecule has 2 rings (SSSR count). The minimum atomic E-state index is 0.722. The van der Waals surface area contributed by atoms with Gasteiger partial charge in [0.1, 0.15) is 0 Å². The molecule has 0 aliphatic carbocycles. The van der Waals surface area contributed by atoms with Crippen LogP contribution in [0, 0.1) is 11.8 Å². The van der Waals surface area contributed by atoms with E-state index in [1.54, 1.807) is 12.3 Å². The zero-order chi connectivity index (χ0) is 11.4. The summed E-state index contributed by atoms with van der Waals surface area (Å²) in [6.45, 7) is 0. The van der Waals surface area contributed by atoms with Gasteiger partial charge in [-0.2, -0.15) is 12.6 Å². The van der Waals surface area contributed by atoms with Gasteiger partial charge in [0.2, 0.25) is 0 Å². The topological polar surface area (TPSA) is 12.9 Å². The van der Waals surface area contributed by atoms with E-state index < -0.39 is 0 Å². The number of fused-ring (bicyclic) bond motifs is 1. The van der Waals surface area contributed by atoms with Gasteiger partial charge in [-0.05, 0) is 18.2 Å². The molecule has 1 nitrogen and oxygen atoms in total. The third-order valence-electron chi connectivity index (χ3n) is 2.16. The maximum atomic E-state index is 6.05. The Bertz CT molecular complexity index is 569. The molecular formula is C13H10ClNS. The number of hydrogen-bond acceptors (Lipinski definition) is 2. The Balaban J connectivity index is 2.42. The Morgan fingerprint density at radius 2 is 2.19 bits per heavy atom. The quantitative estimate of drug-likeness (QED) is 0.601. The molecule has 0 fully saturated rings. The van der Waals surface area contributed by atoms with Gasteiger partial charge in [0.15, 0.2) is 0 Å². The molecular weight excluding hydrogens is 238 g/mol. The highest BCUT2D eigenvalue weighted by Gasteiger charge is 1.99. The van der Waals surface area contributed by atoms with Gasteiger partial charge < -0.3 is 0 Å². The second-order valence-corrected chi connectivity index (χ2v) is 4.15. The molecule has 0 saturated carbocycles. The maximum absolute atomic E-state index is 6.05. The van der Waals surface area contributed by atoms with Crippen LogP contribution in [0.25, 0.3) is 10.9 Å². The Morgan fingerprint density at radius 3 is 3.00 bits per heavy atom. The van der Waals surface area contributed by atoms with E-state index in [1.807, 2.05) is 18.2 Å². The molecule has 0 aliphatic heterocycles. The van der Waals surface area contributed by atoms with E-state index in [-0.39, 0.29) is 0 Å². The molecule has 2 aromatic rings. The minimum Gasteiger partial charge on any atom is -0.256 e. The maximum Gasteiger partial charge on any atom is 0.0729 e. The highest BCUT2D eigenvalue weighted by molar-refractivity contribution is 7.80. The summed E-state index contributed by atoms with van der Waals surface area (Å²) in [7, 11) is 0. The fourth-order valence-corrected chi connectivity index (χ4v) is 1.74. The number of benzene rings is 1. The number of hydrogen-bond donors (Lipinski definition) is 1. The molecule has 0 aliphatic rings. The third kappa shape index (κ3) is 2.49.